The number of nitrogens with one attached hydrogen (secondary N) is 4. The first-order valence-electron chi connectivity index (χ1n) is 19.9. The minimum Gasteiger partial charge on any atom is -0.453 e. The number of imidazole rings is 2. The van der Waals surface area contributed by atoms with Gasteiger partial charge in [-0.05, 0) is 91.7 Å². The number of aromatic amines is 2. The predicted octanol–water partition coefficient (Wildman–Crippen LogP) is 6.08. The van der Waals surface area contributed by atoms with E-state index in [4.69, 9.17) is 14.5 Å². The van der Waals surface area contributed by atoms with Crippen molar-refractivity contribution in [2.45, 2.75) is 84.0 Å². The molecule has 0 bridgehead atoms. The second kappa shape index (κ2) is 16.7. The molecule has 1 aliphatic carbocycles. The van der Waals surface area contributed by atoms with Crippen molar-refractivity contribution in [2.75, 3.05) is 27.3 Å². The molecule has 2 aliphatic heterocycles. The van der Waals surface area contributed by atoms with Gasteiger partial charge in [-0.15, -0.1) is 0 Å². The smallest absolute Gasteiger partial charge is 0.407 e. The minimum atomic E-state index is -0.697. The van der Waals surface area contributed by atoms with E-state index in [1.54, 1.807) is 11.1 Å². The molecule has 3 aliphatic rings. The number of rotatable bonds is 10. The Labute approximate surface area is 332 Å². The lowest BCUT2D eigenvalue weighted by molar-refractivity contribution is -0.136. The molecule has 14 heteroatoms. The quantitative estimate of drug-likeness (QED) is 0.140. The van der Waals surface area contributed by atoms with Gasteiger partial charge in [0.25, 0.3) is 0 Å². The van der Waals surface area contributed by atoms with Crippen molar-refractivity contribution >= 4 is 35.0 Å². The summed E-state index contributed by atoms with van der Waals surface area (Å²) in [5.74, 6) is 8.54. The van der Waals surface area contributed by atoms with Crippen molar-refractivity contribution in [3.8, 4) is 23.1 Å². The Kier molecular flexibility index (Phi) is 11.6. The van der Waals surface area contributed by atoms with Crippen molar-refractivity contribution in [1.29, 1.82) is 0 Å². The number of carbonyl (C=O) groups is 4. The highest BCUT2D eigenvalue weighted by molar-refractivity contribution is 5.87. The van der Waals surface area contributed by atoms with Crippen LogP contribution >= 0.6 is 0 Å². The third-order valence-electron chi connectivity index (χ3n) is 11.5. The molecule has 1 unspecified atom stereocenters. The molecule has 0 radical (unpaired) electrons. The Hall–Kier alpha value is -5.84. The molecular formula is C43H52N8O6. The molecule has 5 atom stereocenters. The van der Waals surface area contributed by atoms with Crippen molar-refractivity contribution in [3.05, 3.63) is 71.4 Å². The fourth-order valence-corrected chi connectivity index (χ4v) is 8.15. The average Bonchev–Trinajstić information content (AvgIpc) is 3.59. The van der Waals surface area contributed by atoms with Gasteiger partial charge in [0.1, 0.15) is 23.7 Å². The summed E-state index contributed by atoms with van der Waals surface area (Å²) in [6.45, 7) is 8.87. The van der Waals surface area contributed by atoms with Gasteiger partial charge in [-0.2, -0.15) is 0 Å². The number of likely N-dealkylation sites (tertiary alicyclic amines) is 2. The third-order valence-corrected chi connectivity index (χ3v) is 11.5. The van der Waals surface area contributed by atoms with E-state index in [0.717, 1.165) is 58.5 Å². The van der Waals surface area contributed by atoms with Gasteiger partial charge in [-0.25, -0.2) is 19.6 Å². The second-order valence-electron chi connectivity index (χ2n) is 16.1. The highest BCUT2D eigenvalue weighted by Gasteiger charge is 2.46. The first-order valence-corrected chi connectivity index (χ1v) is 19.9. The number of ether oxygens (including phenoxy) is 2. The Bertz CT molecular complexity index is 2180. The summed E-state index contributed by atoms with van der Waals surface area (Å²) in [6, 6.07) is 12.0. The second-order valence-corrected chi connectivity index (χ2v) is 16.1. The summed E-state index contributed by atoms with van der Waals surface area (Å²) in [4.78, 5) is 71.7. The number of carbonyl (C=O) groups excluding carboxylic acids is 4. The predicted molar refractivity (Wildman–Crippen MR) is 213 cm³/mol. The number of fused-ring (bicyclic) bond motifs is 1. The fraction of sp³-hybridized carbons (Fsp3) is 0.488. The number of H-pyrrole nitrogens is 2. The number of amides is 4. The maximum Gasteiger partial charge on any atom is 0.407 e. The number of nitrogens with zero attached hydrogens (tertiary/aromatic N) is 4. The maximum absolute atomic E-state index is 13.9. The molecule has 7 rings (SSSR count). The van der Waals surface area contributed by atoms with E-state index in [2.05, 4.69) is 37.4 Å². The molecule has 0 spiro atoms. The molecule has 14 nitrogen and oxygen atoms in total. The van der Waals surface area contributed by atoms with E-state index < -0.39 is 24.3 Å². The molecule has 2 saturated heterocycles. The van der Waals surface area contributed by atoms with Crippen molar-refractivity contribution in [2.24, 2.45) is 23.7 Å². The van der Waals surface area contributed by atoms with Gasteiger partial charge in [-0.3, -0.25) is 9.59 Å². The first-order chi connectivity index (χ1) is 27.4. The summed E-state index contributed by atoms with van der Waals surface area (Å²) in [7, 11) is 2.59. The monoisotopic (exact) mass is 776 g/mol. The highest BCUT2D eigenvalue weighted by atomic mass is 16.5. The van der Waals surface area contributed by atoms with Crippen LogP contribution in [0.1, 0.15) is 94.7 Å². The van der Waals surface area contributed by atoms with Crippen LogP contribution < -0.4 is 10.6 Å². The van der Waals surface area contributed by atoms with Gasteiger partial charge in [-0.1, -0.05) is 51.7 Å². The van der Waals surface area contributed by atoms with E-state index in [0.29, 0.717) is 30.7 Å². The Morgan fingerprint density at radius 3 is 2.04 bits per heavy atom. The molecule has 4 aromatic rings. The first kappa shape index (κ1) is 39.4. The van der Waals surface area contributed by atoms with Crippen LogP contribution in [0.2, 0.25) is 0 Å². The van der Waals surface area contributed by atoms with Gasteiger partial charge in [0, 0.05) is 24.2 Å². The molecule has 4 amide bonds. The third kappa shape index (κ3) is 8.62. The largest absolute Gasteiger partial charge is 0.453 e. The molecule has 57 heavy (non-hydrogen) atoms. The molecule has 2 aromatic heterocycles. The molecule has 4 heterocycles. The molecule has 2 aromatic carbocycles. The SMILES string of the molecule is COC(=O)N[C@H](C(=O)N1CCC[C@H]1c1ncc(-c2ccc(C#Cc3ccc4nc([C@@H]5CC(C6CC6)CN5C(=O)[C@@H](NC(=O)OC)C(C)C)[nH]c4c3)cc2)[nH]1)C(C)C. The topological polar surface area (TPSA) is 175 Å². The molecule has 4 N–H and O–H groups in total. The van der Waals surface area contributed by atoms with Crippen LogP contribution in [0.5, 0.6) is 0 Å². The summed E-state index contributed by atoms with van der Waals surface area (Å²) in [5.41, 5.74) is 5.10. The molecular weight excluding hydrogens is 725 g/mol. The average molecular weight is 777 g/mol. The number of methoxy groups -OCH3 is 2. The van der Waals surface area contributed by atoms with Crippen LogP contribution in [0.3, 0.4) is 0 Å². The lowest BCUT2D eigenvalue weighted by atomic mass is 10.0. The van der Waals surface area contributed by atoms with Gasteiger partial charge in [0.05, 0.1) is 49.2 Å². The fourth-order valence-electron chi connectivity index (χ4n) is 8.15. The highest BCUT2D eigenvalue weighted by Crippen LogP contribution is 2.47. The Morgan fingerprint density at radius 2 is 1.40 bits per heavy atom. The molecule has 300 valence electrons. The van der Waals surface area contributed by atoms with Crippen molar-refractivity contribution in [3.63, 3.8) is 0 Å². The van der Waals surface area contributed by atoms with Crippen molar-refractivity contribution < 1.29 is 28.7 Å². The van der Waals surface area contributed by atoms with Crippen LogP contribution in [0.15, 0.2) is 48.7 Å². The van der Waals surface area contributed by atoms with Crippen LogP contribution in [0.4, 0.5) is 9.59 Å². The molecule has 3 fully saturated rings. The number of benzene rings is 2. The van der Waals surface area contributed by atoms with Gasteiger partial charge < -0.3 is 39.9 Å². The van der Waals surface area contributed by atoms with E-state index in [1.807, 2.05) is 75.1 Å². The zero-order valence-electron chi connectivity index (χ0n) is 33.4. The van der Waals surface area contributed by atoms with Gasteiger partial charge >= 0.3 is 12.2 Å². The zero-order chi connectivity index (χ0) is 40.4. The summed E-state index contributed by atoms with van der Waals surface area (Å²) in [6.07, 6.45) is 5.35. The normalized spacial score (nSPS) is 20.3. The van der Waals surface area contributed by atoms with E-state index in [1.165, 1.54) is 27.1 Å². The summed E-state index contributed by atoms with van der Waals surface area (Å²) < 4.78 is 9.57. The standard InChI is InChI=1S/C43H52N8O6/c1-24(2)36(48-42(54)56-5)40(52)50-19-7-8-34(50)38-44-22-33(47-38)29-14-11-26(12-15-29)9-10-27-13-18-31-32(20-27)46-39(45-31)35-21-30(28-16-17-28)23-51(35)41(53)37(25(3)4)49-43(55)57-6/h11-15,18,20,22,24-25,28,30,34-37H,7-8,16-17,19,21,23H2,1-6H3,(H,44,47)(H,45,46)(H,48,54)(H,49,55)/t30?,34-,35-,36-,37-/m0/s1. The van der Waals surface area contributed by atoms with Gasteiger partial charge in [0.2, 0.25) is 11.8 Å². The Balaban J connectivity index is 1.03. The van der Waals surface area contributed by atoms with E-state index >= 15 is 0 Å². The van der Waals surface area contributed by atoms with Crippen LogP contribution in [0, 0.1) is 35.5 Å². The molecule has 1 saturated carbocycles. The number of alkyl carbamates (subject to hydrolysis) is 2. The van der Waals surface area contributed by atoms with Crippen LogP contribution in [-0.2, 0) is 19.1 Å². The maximum atomic E-state index is 13.9. The number of aromatic nitrogens is 4. The van der Waals surface area contributed by atoms with Gasteiger partial charge in [0.15, 0.2) is 0 Å². The summed E-state index contributed by atoms with van der Waals surface area (Å²) >= 11 is 0. The Morgan fingerprint density at radius 1 is 0.772 bits per heavy atom. The number of hydrogen-bond acceptors (Lipinski definition) is 8. The minimum absolute atomic E-state index is 0.109. The lowest BCUT2D eigenvalue weighted by Gasteiger charge is -2.30. The lowest BCUT2D eigenvalue weighted by Crippen LogP contribution is -2.51. The van der Waals surface area contributed by atoms with Crippen LogP contribution in [-0.4, -0.2) is 93.1 Å². The number of hydrogen-bond donors (Lipinski definition) is 4. The summed E-state index contributed by atoms with van der Waals surface area (Å²) in [5, 5.41) is 5.44. The van der Waals surface area contributed by atoms with Crippen molar-refractivity contribution in [1.82, 2.24) is 40.4 Å². The zero-order valence-corrected chi connectivity index (χ0v) is 33.4. The van der Waals surface area contributed by atoms with E-state index in [9.17, 15) is 19.2 Å². The van der Waals surface area contributed by atoms with Crippen LogP contribution in [0.25, 0.3) is 22.3 Å². The van der Waals surface area contributed by atoms with E-state index in [-0.39, 0.29) is 35.7 Å².